The Morgan fingerprint density at radius 1 is 0.828 bits per heavy atom. The molecule has 1 atom stereocenters. The normalized spacial score (nSPS) is 18.2. The molecular weight excluding hydrogens is 388 g/mol. The van der Waals surface area contributed by atoms with Gasteiger partial charge in [-0.2, -0.15) is 0 Å². The van der Waals surface area contributed by atoms with Crippen LogP contribution in [0.15, 0.2) is 88.7 Å². The lowest BCUT2D eigenvalue weighted by atomic mass is 10.2. The van der Waals surface area contributed by atoms with Crippen molar-refractivity contribution in [2.24, 2.45) is 0 Å². The summed E-state index contributed by atoms with van der Waals surface area (Å²) >= 11 is 0. The summed E-state index contributed by atoms with van der Waals surface area (Å²) in [5.74, 6) is 1.23. The molecule has 5 nitrogen and oxygen atoms in total. The first kappa shape index (κ1) is 19.5. The second-order valence-electron chi connectivity index (χ2n) is 7.25. The van der Waals surface area contributed by atoms with Gasteiger partial charge in [0.1, 0.15) is 30.3 Å². The van der Waals surface area contributed by atoms with Crippen LogP contribution >= 0.6 is 0 Å². The van der Waals surface area contributed by atoms with E-state index in [1.807, 2.05) is 37.3 Å². The fourth-order valence-corrected chi connectivity index (χ4v) is 4.01. The van der Waals surface area contributed by atoms with Crippen molar-refractivity contribution in [1.82, 2.24) is 0 Å². The third-order valence-electron chi connectivity index (χ3n) is 4.70. The van der Waals surface area contributed by atoms with Crippen LogP contribution in [0.2, 0.25) is 0 Å². The molecule has 0 radical (unpaired) electrons. The van der Waals surface area contributed by atoms with Gasteiger partial charge in [-0.1, -0.05) is 30.3 Å². The number of sulfone groups is 1. The van der Waals surface area contributed by atoms with Crippen molar-refractivity contribution >= 4 is 9.84 Å². The third kappa shape index (κ3) is 4.78. The van der Waals surface area contributed by atoms with Crippen molar-refractivity contribution in [2.45, 2.75) is 28.9 Å². The van der Waals surface area contributed by atoms with Crippen molar-refractivity contribution in [3.63, 3.8) is 0 Å². The second-order valence-corrected chi connectivity index (χ2v) is 9.20. The van der Waals surface area contributed by atoms with Gasteiger partial charge in [0.25, 0.3) is 0 Å². The average Bonchev–Trinajstić information content (AvgIpc) is 3.50. The summed E-state index contributed by atoms with van der Waals surface area (Å²) in [5, 5.41) is 0. The zero-order valence-corrected chi connectivity index (χ0v) is 16.9. The summed E-state index contributed by atoms with van der Waals surface area (Å²) < 4.78 is 42.4. The van der Waals surface area contributed by atoms with E-state index in [0.29, 0.717) is 31.3 Å². The highest BCUT2D eigenvalue weighted by atomic mass is 32.2. The molecule has 0 amide bonds. The molecule has 3 aromatic rings. The van der Waals surface area contributed by atoms with E-state index in [2.05, 4.69) is 0 Å². The van der Waals surface area contributed by atoms with Gasteiger partial charge in [-0.3, -0.25) is 0 Å². The number of benzene rings is 3. The number of epoxide rings is 1. The average molecular weight is 410 g/mol. The Morgan fingerprint density at radius 2 is 1.34 bits per heavy atom. The Morgan fingerprint density at radius 3 is 1.86 bits per heavy atom. The molecule has 1 saturated heterocycles. The monoisotopic (exact) mass is 410 g/mol. The lowest BCUT2D eigenvalue weighted by molar-refractivity contribution is 0.202. The number of hydrogen-bond acceptors (Lipinski definition) is 5. The van der Waals surface area contributed by atoms with Crippen LogP contribution in [0.1, 0.15) is 12.5 Å². The molecule has 0 N–H and O–H groups in total. The number of hydrogen-bond donors (Lipinski definition) is 0. The van der Waals surface area contributed by atoms with E-state index in [9.17, 15) is 8.42 Å². The smallest absolute Gasteiger partial charge is 0.206 e. The van der Waals surface area contributed by atoms with E-state index in [-0.39, 0.29) is 15.4 Å². The Labute approximate surface area is 170 Å². The molecule has 1 unspecified atom stereocenters. The molecule has 3 aromatic carbocycles. The van der Waals surface area contributed by atoms with Crippen LogP contribution in [0.25, 0.3) is 0 Å². The molecule has 29 heavy (non-hydrogen) atoms. The van der Waals surface area contributed by atoms with E-state index in [1.165, 1.54) is 0 Å². The van der Waals surface area contributed by atoms with Crippen LogP contribution in [0, 0.1) is 0 Å². The Kier molecular flexibility index (Phi) is 5.30. The Balaban J connectivity index is 1.41. The first-order chi connectivity index (χ1) is 13.9. The predicted molar refractivity (Wildman–Crippen MR) is 109 cm³/mol. The van der Waals surface area contributed by atoms with Crippen molar-refractivity contribution in [2.75, 3.05) is 13.2 Å². The predicted octanol–water partition coefficient (Wildman–Crippen LogP) is 4.27. The maximum absolute atomic E-state index is 12.9. The number of rotatable bonds is 8. The van der Waals surface area contributed by atoms with E-state index < -0.39 is 9.84 Å². The van der Waals surface area contributed by atoms with Crippen LogP contribution in [0.5, 0.6) is 11.5 Å². The Bertz CT molecular complexity index is 1050. The molecule has 1 fully saturated rings. The van der Waals surface area contributed by atoms with Gasteiger partial charge in [-0.15, -0.1) is 0 Å². The minimum Gasteiger partial charge on any atom is -0.491 e. The first-order valence-electron chi connectivity index (χ1n) is 9.33. The molecule has 1 aliphatic heterocycles. The standard InChI is InChI=1S/C23H22O5S/c1-23(17-28-23)16-27-20-9-13-22(14-10-20)29(24,25)21-11-7-19(8-12-21)26-15-18-5-3-2-4-6-18/h2-14H,15-17H2,1H3. The van der Waals surface area contributed by atoms with Gasteiger partial charge < -0.3 is 14.2 Å². The molecule has 150 valence electrons. The topological polar surface area (TPSA) is 65.1 Å². The number of ether oxygens (including phenoxy) is 3. The van der Waals surface area contributed by atoms with E-state index in [4.69, 9.17) is 14.2 Å². The van der Waals surface area contributed by atoms with Crippen molar-refractivity contribution < 1.29 is 22.6 Å². The van der Waals surface area contributed by atoms with Gasteiger partial charge in [0, 0.05) is 0 Å². The van der Waals surface area contributed by atoms with Crippen LogP contribution in [0.3, 0.4) is 0 Å². The summed E-state index contributed by atoms with van der Waals surface area (Å²) in [6.07, 6.45) is 0. The summed E-state index contributed by atoms with van der Waals surface area (Å²) in [6, 6.07) is 22.7. The molecule has 6 heteroatoms. The molecule has 1 aliphatic rings. The highest BCUT2D eigenvalue weighted by Crippen LogP contribution is 2.28. The molecule has 1 heterocycles. The minimum absolute atomic E-state index is 0.213. The minimum atomic E-state index is -3.61. The zero-order chi connectivity index (χ0) is 20.3. The van der Waals surface area contributed by atoms with Crippen LogP contribution in [-0.4, -0.2) is 27.2 Å². The quantitative estimate of drug-likeness (QED) is 0.519. The van der Waals surface area contributed by atoms with Gasteiger partial charge in [0.15, 0.2) is 0 Å². The maximum atomic E-state index is 12.9. The highest BCUT2D eigenvalue weighted by Gasteiger charge is 2.40. The third-order valence-corrected chi connectivity index (χ3v) is 6.48. The van der Waals surface area contributed by atoms with Gasteiger partial charge in [0.2, 0.25) is 9.84 Å². The van der Waals surface area contributed by atoms with Crippen molar-refractivity contribution in [1.29, 1.82) is 0 Å². The SMILES string of the molecule is CC1(COc2ccc(S(=O)(=O)c3ccc(OCc4ccccc4)cc3)cc2)CO1. The summed E-state index contributed by atoms with van der Waals surface area (Å²) in [6.45, 7) is 3.53. The first-order valence-corrected chi connectivity index (χ1v) is 10.8. The second kappa shape index (κ2) is 7.89. The molecular formula is C23H22O5S. The highest BCUT2D eigenvalue weighted by molar-refractivity contribution is 7.91. The van der Waals surface area contributed by atoms with E-state index in [1.54, 1.807) is 48.5 Å². The van der Waals surface area contributed by atoms with Gasteiger partial charge in [0.05, 0.1) is 16.4 Å². The van der Waals surface area contributed by atoms with E-state index >= 15 is 0 Å². The van der Waals surface area contributed by atoms with Crippen molar-refractivity contribution in [3.8, 4) is 11.5 Å². The maximum Gasteiger partial charge on any atom is 0.206 e. The molecule has 4 rings (SSSR count). The zero-order valence-electron chi connectivity index (χ0n) is 16.1. The van der Waals surface area contributed by atoms with Crippen LogP contribution in [0.4, 0.5) is 0 Å². The fraction of sp³-hybridized carbons (Fsp3) is 0.217. The fourth-order valence-electron chi connectivity index (χ4n) is 2.75. The van der Waals surface area contributed by atoms with Crippen molar-refractivity contribution in [3.05, 3.63) is 84.4 Å². The van der Waals surface area contributed by atoms with Gasteiger partial charge >= 0.3 is 0 Å². The molecule has 0 saturated carbocycles. The van der Waals surface area contributed by atoms with Gasteiger partial charge in [-0.05, 0) is 61.0 Å². The summed E-state index contributed by atoms with van der Waals surface area (Å²) in [5.41, 5.74) is 0.837. The molecule has 0 aromatic heterocycles. The van der Waals surface area contributed by atoms with E-state index in [0.717, 1.165) is 5.56 Å². The molecule has 0 bridgehead atoms. The van der Waals surface area contributed by atoms with Crippen LogP contribution in [-0.2, 0) is 21.2 Å². The largest absolute Gasteiger partial charge is 0.491 e. The van der Waals surface area contributed by atoms with Gasteiger partial charge in [-0.25, -0.2) is 8.42 Å². The molecule has 0 spiro atoms. The summed E-state index contributed by atoms with van der Waals surface area (Å²) in [4.78, 5) is 0.439. The Hall–Kier alpha value is -2.83. The summed E-state index contributed by atoms with van der Waals surface area (Å²) in [7, 11) is -3.61. The lowest BCUT2D eigenvalue weighted by Crippen LogP contribution is -2.16. The molecule has 0 aliphatic carbocycles. The lowest BCUT2D eigenvalue weighted by Gasteiger charge is -2.10. The van der Waals surface area contributed by atoms with Crippen LogP contribution < -0.4 is 9.47 Å².